The van der Waals surface area contributed by atoms with Crippen molar-refractivity contribution in [3.63, 3.8) is 0 Å². The van der Waals surface area contributed by atoms with Crippen LogP contribution in [-0.4, -0.2) is 12.2 Å². The third-order valence-corrected chi connectivity index (χ3v) is 3.20. The smallest absolute Gasteiger partial charge is 0.366 e. The fraction of sp³-hybridized carbons (Fsp3) is 0.133. The largest absolute Gasteiger partial charge is 0.417 e. The molecule has 0 fully saturated rings. The molecule has 2 aromatic rings. The van der Waals surface area contributed by atoms with Gasteiger partial charge in [0.15, 0.2) is 5.11 Å². The van der Waals surface area contributed by atoms with Crippen LogP contribution in [0.2, 0.25) is 0 Å². The molecule has 0 unspecified atom stereocenters. The highest BCUT2D eigenvalue weighted by atomic mass is 32.1. The van der Waals surface area contributed by atoms with Crippen LogP contribution in [0.15, 0.2) is 48.5 Å². The van der Waals surface area contributed by atoms with Gasteiger partial charge in [0, 0.05) is 12.7 Å². The molecule has 21 heavy (non-hydrogen) atoms. The molecule has 0 aliphatic carbocycles. The minimum Gasteiger partial charge on any atom is -0.366 e. The maximum absolute atomic E-state index is 13.3. The third kappa shape index (κ3) is 3.72. The van der Waals surface area contributed by atoms with E-state index < -0.39 is 11.7 Å². The summed E-state index contributed by atoms with van der Waals surface area (Å²) in [6, 6.07) is 12.5. The lowest BCUT2D eigenvalue weighted by atomic mass is 9.98. The topological polar surface area (TPSA) is 24.1 Å². The summed E-state index contributed by atoms with van der Waals surface area (Å²) in [7, 11) is 1.60. The zero-order chi connectivity index (χ0) is 15.5. The molecular formula is C15H13F3N2S. The van der Waals surface area contributed by atoms with E-state index in [9.17, 15) is 13.2 Å². The number of nitrogens with one attached hydrogen (secondary N) is 2. The van der Waals surface area contributed by atoms with Crippen LogP contribution in [0, 0.1) is 0 Å². The highest BCUT2D eigenvalue weighted by Crippen LogP contribution is 2.38. The summed E-state index contributed by atoms with van der Waals surface area (Å²) in [6.45, 7) is 0. The lowest BCUT2D eigenvalue weighted by Gasteiger charge is -2.16. The quantitative estimate of drug-likeness (QED) is 0.809. The van der Waals surface area contributed by atoms with Crippen LogP contribution in [0.4, 0.5) is 18.9 Å². The number of anilines is 1. The van der Waals surface area contributed by atoms with E-state index in [4.69, 9.17) is 12.2 Å². The predicted molar refractivity (Wildman–Crippen MR) is 82.2 cm³/mol. The Balaban J connectivity index is 2.49. The van der Waals surface area contributed by atoms with Crippen molar-refractivity contribution >= 4 is 23.0 Å². The highest BCUT2D eigenvalue weighted by molar-refractivity contribution is 7.80. The van der Waals surface area contributed by atoms with Gasteiger partial charge >= 0.3 is 6.18 Å². The number of thiocarbonyl (C=S) groups is 1. The second-order valence-electron chi connectivity index (χ2n) is 4.33. The van der Waals surface area contributed by atoms with Crippen LogP contribution in [0.5, 0.6) is 0 Å². The lowest BCUT2D eigenvalue weighted by Crippen LogP contribution is -2.24. The van der Waals surface area contributed by atoms with Gasteiger partial charge in [-0.25, -0.2) is 0 Å². The number of rotatable bonds is 2. The van der Waals surface area contributed by atoms with E-state index in [-0.39, 0.29) is 10.7 Å². The number of benzene rings is 2. The number of hydrogen-bond donors (Lipinski definition) is 2. The van der Waals surface area contributed by atoms with E-state index in [1.54, 1.807) is 43.4 Å². The summed E-state index contributed by atoms with van der Waals surface area (Å²) in [6.07, 6.45) is -4.44. The summed E-state index contributed by atoms with van der Waals surface area (Å²) < 4.78 is 39.8. The zero-order valence-electron chi connectivity index (χ0n) is 11.2. The average Bonchev–Trinajstić information content (AvgIpc) is 2.47. The van der Waals surface area contributed by atoms with Crippen molar-refractivity contribution < 1.29 is 13.2 Å². The number of hydrogen-bond acceptors (Lipinski definition) is 1. The summed E-state index contributed by atoms with van der Waals surface area (Å²) in [5.74, 6) is 0. The van der Waals surface area contributed by atoms with E-state index in [1.165, 1.54) is 6.07 Å². The second kappa shape index (κ2) is 6.13. The second-order valence-corrected chi connectivity index (χ2v) is 4.74. The highest BCUT2D eigenvalue weighted by Gasteiger charge is 2.34. The molecule has 0 saturated carbocycles. The zero-order valence-corrected chi connectivity index (χ0v) is 12.0. The molecule has 0 bridgehead atoms. The van der Waals surface area contributed by atoms with Crippen LogP contribution in [0.3, 0.4) is 0 Å². The monoisotopic (exact) mass is 310 g/mol. The average molecular weight is 310 g/mol. The molecule has 2 N–H and O–H groups in total. The molecule has 0 saturated heterocycles. The van der Waals surface area contributed by atoms with Crippen molar-refractivity contribution in [1.29, 1.82) is 0 Å². The van der Waals surface area contributed by atoms with Crippen LogP contribution in [-0.2, 0) is 6.18 Å². The molecule has 0 aliphatic rings. The van der Waals surface area contributed by atoms with Crippen LogP contribution >= 0.6 is 12.2 Å². The fourth-order valence-electron chi connectivity index (χ4n) is 1.92. The first-order valence-electron chi connectivity index (χ1n) is 6.17. The summed E-state index contributed by atoms with van der Waals surface area (Å²) in [5, 5.41) is 5.62. The molecular weight excluding hydrogens is 297 g/mol. The van der Waals surface area contributed by atoms with Gasteiger partial charge in [-0.3, -0.25) is 0 Å². The van der Waals surface area contributed by atoms with Crippen LogP contribution < -0.4 is 10.6 Å². The molecule has 0 atom stereocenters. The maximum Gasteiger partial charge on any atom is 0.417 e. The standard InChI is InChI=1S/C15H13F3N2S/c1-19-14(21)20-11-7-8-12(10-5-3-2-4-6-10)13(9-11)15(16,17)18/h2-9H,1H3,(H2,19,20,21). The Bertz CT molecular complexity index is 639. The maximum atomic E-state index is 13.3. The minimum atomic E-state index is -4.44. The molecule has 110 valence electrons. The van der Waals surface area contributed by atoms with Crippen molar-refractivity contribution in [2.45, 2.75) is 6.18 Å². The van der Waals surface area contributed by atoms with E-state index in [0.29, 0.717) is 11.3 Å². The van der Waals surface area contributed by atoms with Crippen molar-refractivity contribution in [1.82, 2.24) is 5.32 Å². The minimum absolute atomic E-state index is 0.143. The van der Waals surface area contributed by atoms with Crippen molar-refractivity contribution in [2.75, 3.05) is 12.4 Å². The van der Waals surface area contributed by atoms with Gasteiger partial charge in [-0.2, -0.15) is 13.2 Å². The normalized spacial score (nSPS) is 11.0. The molecule has 0 spiro atoms. The molecule has 0 aliphatic heterocycles. The molecule has 0 amide bonds. The molecule has 2 nitrogen and oxygen atoms in total. The van der Waals surface area contributed by atoms with Gasteiger partial charge < -0.3 is 10.6 Å². The van der Waals surface area contributed by atoms with E-state index >= 15 is 0 Å². The van der Waals surface area contributed by atoms with Crippen LogP contribution in [0.1, 0.15) is 5.56 Å². The first kappa shape index (κ1) is 15.3. The molecule has 0 heterocycles. The molecule has 6 heteroatoms. The van der Waals surface area contributed by atoms with Gasteiger partial charge in [0.25, 0.3) is 0 Å². The van der Waals surface area contributed by atoms with Crippen LogP contribution in [0.25, 0.3) is 11.1 Å². The SMILES string of the molecule is CNC(=S)Nc1ccc(-c2ccccc2)c(C(F)(F)F)c1. The predicted octanol–water partition coefficient (Wildman–Crippen LogP) is 4.29. The van der Waals surface area contributed by atoms with Crippen molar-refractivity contribution in [2.24, 2.45) is 0 Å². The first-order valence-corrected chi connectivity index (χ1v) is 6.58. The van der Waals surface area contributed by atoms with Gasteiger partial charge in [0.2, 0.25) is 0 Å². The summed E-state index contributed by atoms with van der Waals surface area (Å²) >= 11 is 4.90. The van der Waals surface area contributed by atoms with Crippen molar-refractivity contribution in [3.8, 4) is 11.1 Å². The Kier molecular flexibility index (Phi) is 4.47. The first-order chi connectivity index (χ1) is 9.91. The molecule has 2 aromatic carbocycles. The van der Waals surface area contributed by atoms with Gasteiger partial charge in [-0.1, -0.05) is 36.4 Å². The fourth-order valence-corrected chi connectivity index (χ4v) is 2.04. The third-order valence-electron chi connectivity index (χ3n) is 2.89. The Labute approximate surface area is 126 Å². The van der Waals surface area contributed by atoms with E-state index in [0.717, 1.165) is 6.07 Å². The lowest BCUT2D eigenvalue weighted by molar-refractivity contribution is -0.137. The Hall–Kier alpha value is -2.08. The summed E-state index contributed by atoms with van der Waals surface area (Å²) in [5.41, 5.74) is 0.260. The summed E-state index contributed by atoms with van der Waals surface area (Å²) in [4.78, 5) is 0. The van der Waals surface area contributed by atoms with Gasteiger partial charge in [0.1, 0.15) is 0 Å². The number of halogens is 3. The Morgan fingerprint density at radius 1 is 1.05 bits per heavy atom. The van der Waals surface area contributed by atoms with Gasteiger partial charge in [-0.15, -0.1) is 0 Å². The van der Waals surface area contributed by atoms with Crippen molar-refractivity contribution in [3.05, 3.63) is 54.1 Å². The van der Waals surface area contributed by atoms with E-state index in [2.05, 4.69) is 10.6 Å². The molecule has 2 rings (SSSR count). The Morgan fingerprint density at radius 2 is 1.71 bits per heavy atom. The molecule has 0 radical (unpaired) electrons. The van der Waals surface area contributed by atoms with Gasteiger partial charge in [0.05, 0.1) is 5.56 Å². The van der Waals surface area contributed by atoms with Gasteiger partial charge in [-0.05, 0) is 35.5 Å². The number of alkyl halides is 3. The molecule has 0 aromatic heterocycles. The Morgan fingerprint density at radius 3 is 2.29 bits per heavy atom. The van der Waals surface area contributed by atoms with E-state index in [1.807, 2.05) is 0 Å².